The Labute approximate surface area is 120 Å². The van der Waals surface area contributed by atoms with E-state index in [1.54, 1.807) is 6.07 Å². The number of carbonyl (C=O) groups is 3. The fourth-order valence-corrected chi connectivity index (χ4v) is 1.91. The largest absolute Gasteiger partial charge is 0.497 e. The van der Waals surface area contributed by atoms with Crippen LogP contribution in [0.3, 0.4) is 0 Å². The van der Waals surface area contributed by atoms with Gasteiger partial charge in [0.25, 0.3) is 0 Å². The van der Waals surface area contributed by atoms with Gasteiger partial charge >= 0.3 is 5.97 Å². The van der Waals surface area contributed by atoms with Gasteiger partial charge in [0.15, 0.2) is 0 Å². The second kappa shape index (κ2) is 6.23. The van der Waals surface area contributed by atoms with Crippen LogP contribution >= 0.6 is 0 Å². The molecule has 21 heavy (non-hydrogen) atoms. The van der Waals surface area contributed by atoms with Crippen molar-refractivity contribution in [2.75, 3.05) is 25.5 Å². The van der Waals surface area contributed by atoms with E-state index in [1.165, 1.54) is 19.2 Å². The van der Waals surface area contributed by atoms with Crippen LogP contribution in [0.5, 0.6) is 5.75 Å². The Balaban J connectivity index is 2.13. The zero-order valence-electron chi connectivity index (χ0n) is 11.3. The van der Waals surface area contributed by atoms with E-state index in [9.17, 15) is 14.4 Å². The standard InChI is InChI=1S/C13H15N3O5/c1-21-7-2-3-9(8(4-7)13(19)20)16-12(18)10-5-15-11(17)6-14-10/h2-4,10,14H,5-6H2,1H3,(H,15,17)(H,16,18)(H,19,20). The minimum atomic E-state index is -1.17. The summed E-state index contributed by atoms with van der Waals surface area (Å²) in [5, 5.41) is 17.0. The number of carboxylic acid groups (broad SMARTS) is 1. The topological polar surface area (TPSA) is 117 Å². The van der Waals surface area contributed by atoms with Crippen molar-refractivity contribution in [1.82, 2.24) is 10.6 Å². The number of rotatable bonds is 4. The molecule has 1 saturated heterocycles. The smallest absolute Gasteiger partial charge is 0.337 e. The third-order valence-corrected chi connectivity index (χ3v) is 3.04. The van der Waals surface area contributed by atoms with Gasteiger partial charge in [-0.3, -0.25) is 14.9 Å². The van der Waals surface area contributed by atoms with Crippen molar-refractivity contribution in [2.24, 2.45) is 0 Å². The van der Waals surface area contributed by atoms with Gasteiger partial charge < -0.3 is 20.5 Å². The highest BCUT2D eigenvalue weighted by molar-refractivity contribution is 6.03. The number of hydrogen-bond donors (Lipinski definition) is 4. The number of nitrogens with one attached hydrogen (secondary N) is 3. The third-order valence-electron chi connectivity index (χ3n) is 3.04. The second-order valence-electron chi connectivity index (χ2n) is 4.44. The Morgan fingerprint density at radius 2 is 2.19 bits per heavy atom. The molecule has 0 aliphatic carbocycles. The van der Waals surface area contributed by atoms with E-state index in [2.05, 4.69) is 16.0 Å². The van der Waals surface area contributed by atoms with Crippen LogP contribution in [0.4, 0.5) is 5.69 Å². The number of piperazine rings is 1. The molecule has 1 atom stereocenters. The number of ether oxygens (including phenoxy) is 1. The average Bonchev–Trinajstić information content (AvgIpc) is 2.48. The molecule has 112 valence electrons. The molecule has 0 saturated carbocycles. The summed E-state index contributed by atoms with van der Waals surface area (Å²) >= 11 is 0. The zero-order chi connectivity index (χ0) is 15.4. The van der Waals surface area contributed by atoms with E-state index in [0.717, 1.165) is 0 Å². The first-order chi connectivity index (χ1) is 10.0. The van der Waals surface area contributed by atoms with Crippen LogP contribution in [0, 0.1) is 0 Å². The molecular weight excluding hydrogens is 278 g/mol. The lowest BCUT2D eigenvalue weighted by Gasteiger charge is -2.23. The predicted molar refractivity (Wildman–Crippen MR) is 73.4 cm³/mol. The predicted octanol–water partition coefficient (Wildman–Crippen LogP) is -0.580. The highest BCUT2D eigenvalue weighted by atomic mass is 16.5. The molecule has 1 aromatic rings. The van der Waals surface area contributed by atoms with Gasteiger partial charge in [-0.1, -0.05) is 0 Å². The third kappa shape index (κ3) is 3.48. The molecule has 0 aromatic heterocycles. The van der Waals surface area contributed by atoms with Crippen molar-refractivity contribution in [2.45, 2.75) is 6.04 Å². The summed E-state index contributed by atoms with van der Waals surface area (Å²) in [5.41, 5.74) is 0.106. The minimum Gasteiger partial charge on any atom is -0.497 e. The maximum atomic E-state index is 12.1. The summed E-state index contributed by atoms with van der Waals surface area (Å²) in [7, 11) is 1.42. The molecule has 2 amide bonds. The van der Waals surface area contributed by atoms with Crippen LogP contribution in [0.2, 0.25) is 0 Å². The molecule has 1 aliphatic heterocycles. The summed E-state index contributed by atoms with van der Waals surface area (Å²) in [6.45, 7) is 0.204. The Kier molecular flexibility index (Phi) is 4.39. The first kappa shape index (κ1) is 14.8. The SMILES string of the molecule is COc1ccc(NC(=O)C2CNC(=O)CN2)c(C(=O)O)c1. The maximum Gasteiger partial charge on any atom is 0.337 e. The van der Waals surface area contributed by atoms with Crippen molar-refractivity contribution in [3.05, 3.63) is 23.8 Å². The normalized spacial score (nSPS) is 17.8. The number of amides is 2. The first-order valence-electron chi connectivity index (χ1n) is 6.23. The maximum absolute atomic E-state index is 12.1. The molecule has 2 rings (SSSR count). The summed E-state index contributed by atoms with van der Waals surface area (Å²) in [6, 6.07) is 3.74. The quantitative estimate of drug-likeness (QED) is 0.590. The molecule has 1 aromatic carbocycles. The average molecular weight is 293 g/mol. The monoisotopic (exact) mass is 293 g/mol. The van der Waals surface area contributed by atoms with Crippen molar-refractivity contribution in [3.63, 3.8) is 0 Å². The molecule has 1 fully saturated rings. The number of carboxylic acids is 1. The van der Waals surface area contributed by atoms with E-state index in [0.29, 0.717) is 5.75 Å². The van der Waals surface area contributed by atoms with Gasteiger partial charge in [0.2, 0.25) is 11.8 Å². The van der Waals surface area contributed by atoms with Crippen LogP contribution in [-0.4, -0.2) is 49.1 Å². The molecule has 4 N–H and O–H groups in total. The molecule has 1 heterocycles. The molecule has 1 unspecified atom stereocenters. The highest BCUT2D eigenvalue weighted by Gasteiger charge is 2.25. The second-order valence-corrected chi connectivity index (χ2v) is 4.44. The molecular formula is C13H15N3O5. The Morgan fingerprint density at radius 1 is 1.43 bits per heavy atom. The summed E-state index contributed by atoms with van der Waals surface area (Å²) in [5.74, 6) is -1.39. The summed E-state index contributed by atoms with van der Waals surface area (Å²) in [6.07, 6.45) is 0. The van der Waals surface area contributed by atoms with Crippen LogP contribution in [0.1, 0.15) is 10.4 Å². The van der Waals surface area contributed by atoms with E-state index in [4.69, 9.17) is 9.84 Å². The lowest BCUT2D eigenvalue weighted by Crippen LogP contribution is -2.56. The molecule has 0 bridgehead atoms. The summed E-state index contributed by atoms with van der Waals surface area (Å²) in [4.78, 5) is 34.3. The van der Waals surface area contributed by atoms with Gasteiger partial charge in [-0.25, -0.2) is 4.79 Å². The van der Waals surface area contributed by atoms with Crippen LogP contribution in [-0.2, 0) is 9.59 Å². The summed E-state index contributed by atoms with van der Waals surface area (Å²) < 4.78 is 4.96. The lowest BCUT2D eigenvalue weighted by atomic mass is 10.1. The van der Waals surface area contributed by atoms with Gasteiger partial charge in [0, 0.05) is 6.54 Å². The number of hydrogen-bond acceptors (Lipinski definition) is 5. The van der Waals surface area contributed by atoms with E-state index in [1.807, 2.05) is 0 Å². The van der Waals surface area contributed by atoms with Gasteiger partial charge in [-0.2, -0.15) is 0 Å². The van der Waals surface area contributed by atoms with E-state index >= 15 is 0 Å². The Morgan fingerprint density at radius 3 is 2.76 bits per heavy atom. The number of anilines is 1. The van der Waals surface area contributed by atoms with Crippen molar-refractivity contribution in [1.29, 1.82) is 0 Å². The molecule has 0 radical (unpaired) electrons. The number of aromatic carboxylic acids is 1. The van der Waals surface area contributed by atoms with E-state index < -0.39 is 17.9 Å². The zero-order valence-corrected chi connectivity index (χ0v) is 11.3. The van der Waals surface area contributed by atoms with Crippen LogP contribution in [0.15, 0.2) is 18.2 Å². The van der Waals surface area contributed by atoms with Gasteiger partial charge in [-0.05, 0) is 18.2 Å². The highest BCUT2D eigenvalue weighted by Crippen LogP contribution is 2.22. The van der Waals surface area contributed by atoms with Crippen molar-refractivity contribution >= 4 is 23.5 Å². The van der Waals surface area contributed by atoms with Crippen LogP contribution in [0.25, 0.3) is 0 Å². The number of benzene rings is 1. The van der Waals surface area contributed by atoms with Crippen molar-refractivity contribution in [3.8, 4) is 5.75 Å². The van der Waals surface area contributed by atoms with Gasteiger partial charge in [0.05, 0.1) is 24.9 Å². The Hall–Kier alpha value is -2.61. The van der Waals surface area contributed by atoms with Crippen LogP contribution < -0.4 is 20.7 Å². The minimum absolute atomic E-state index is 0.0481. The lowest BCUT2D eigenvalue weighted by molar-refractivity contribution is -0.124. The van der Waals surface area contributed by atoms with E-state index in [-0.39, 0.29) is 30.2 Å². The fraction of sp³-hybridized carbons (Fsp3) is 0.308. The number of methoxy groups -OCH3 is 1. The molecule has 8 nitrogen and oxygen atoms in total. The number of carbonyl (C=O) groups excluding carboxylic acids is 2. The molecule has 0 spiro atoms. The van der Waals surface area contributed by atoms with Gasteiger partial charge in [-0.15, -0.1) is 0 Å². The Bertz CT molecular complexity index is 577. The fourth-order valence-electron chi connectivity index (χ4n) is 1.91. The van der Waals surface area contributed by atoms with Crippen molar-refractivity contribution < 1.29 is 24.2 Å². The van der Waals surface area contributed by atoms with Gasteiger partial charge in [0.1, 0.15) is 11.8 Å². The molecule has 1 aliphatic rings. The molecule has 8 heteroatoms. The first-order valence-corrected chi connectivity index (χ1v) is 6.23.